The smallest absolute Gasteiger partial charge is 0.140 e. The summed E-state index contributed by atoms with van der Waals surface area (Å²) in [4.78, 5) is 2.12. The molecule has 0 heterocycles. The third-order valence-corrected chi connectivity index (χ3v) is 3.79. The van der Waals surface area contributed by atoms with Gasteiger partial charge in [-0.15, -0.1) is 11.8 Å². The maximum Gasteiger partial charge on any atom is 0.140 e. The van der Waals surface area contributed by atoms with Gasteiger partial charge in [0.25, 0.3) is 0 Å². The third-order valence-electron chi connectivity index (χ3n) is 2.72. The van der Waals surface area contributed by atoms with E-state index in [0.717, 1.165) is 13.1 Å². The lowest BCUT2D eigenvalue weighted by molar-refractivity contribution is 0.437. The fourth-order valence-electron chi connectivity index (χ4n) is 1.69. The number of thioether (sulfide) groups is 1. The van der Waals surface area contributed by atoms with Crippen molar-refractivity contribution in [3.05, 3.63) is 29.3 Å². The predicted molar refractivity (Wildman–Crippen MR) is 82.2 cm³/mol. The summed E-state index contributed by atoms with van der Waals surface area (Å²) in [7, 11) is 3.88. The van der Waals surface area contributed by atoms with Gasteiger partial charge in [0.2, 0.25) is 0 Å². The van der Waals surface area contributed by atoms with Crippen molar-refractivity contribution in [2.24, 2.45) is 5.92 Å². The molecule has 114 valence electrons. The summed E-state index contributed by atoms with van der Waals surface area (Å²) in [5.41, 5.74) is 0.651. The Morgan fingerprint density at radius 1 is 1.20 bits per heavy atom. The zero-order valence-corrected chi connectivity index (χ0v) is 13.5. The molecule has 0 unspecified atom stereocenters. The van der Waals surface area contributed by atoms with Gasteiger partial charge in [-0.3, -0.25) is 0 Å². The first kappa shape index (κ1) is 17.4. The molecule has 0 fully saturated rings. The van der Waals surface area contributed by atoms with Crippen LogP contribution in [0.2, 0.25) is 0 Å². The van der Waals surface area contributed by atoms with Crippen molar-refractivity contribution in [3.63, 3.8) is 0 Å². The third kappa shape index (κ3) is 6.20. The molecule has 0 aromatic heterocycles. The summed E-state index contributed by atoms with van der Waals surface area (Å²) in [6, 6.07) is 2.85. The molecule has 1 aromatic carbocycles. The van der Waals surface area contributed by atoms with Gasteiger partial charge < -0.3 is 10.2 Å². The highest BCUT2D eigenvalue weighted by Gasteiger charge is 2.12. The van der Waals surface area contributed by atoms with Gasteiger partial charge in [-0.1, -0.05) is 13.8 Å². The van der Waals surface area contributed by atoms with Gasteiger partial charge in [0.05, 0.1) is 4.90 Å². The lowest BCUT2D eigenvalue weighted by Gasteiger charge is -2.12. The molecule has 1 aromatic rings. The van der Waals surface area contributed by atoms with Crippen molar-refractivity contribution in [2.75, 3.05) is 32.9 Å². The van der Waals surface area contributed by atoms with E-state index in [-0.39, 0.29) is 4.90 Å². The van der Waals surface area contributed by atoms with Crippen LogP contribution in [0.25, 0.3) is 0 Å². The Bertz CT molecular complexity index is 399. The van der Waals surface area contributed by atoms with Crippen LogP contribution in [0.4, 0.5) is 8.78 Å². The normalized spacial score (nSPS) is 11.6. The van der Waals surface area contributed by atoms with Crippen LogP contribution >= 0.6 is 11.8 Å². The van der Waals surface area contributed by atoms with E-state index >= 15 is 0 Å². The molecule has 0 amide bonds. The molecule has 0 aliphatic heterocycles. The van der Waals surface area contributed by atoms with Crippen LogP contribution in [0.5, 0.6) is 0 Å². The van der Waals surface area contributed by atoms with Gasteiger partial charge >= 0.3 is 0 Å². The topological polar surface area (TPSA) is 15.3 Å². The highest BCUT2D eigenvalue weighted by Crippen LogP contribution is 2.26. The minimum absolute atomic E-state index is 0.124. The molecule has 0 saturated heterocycles. The Labute approximate surface area is 124 Å². The van der Waals surface area contributed by atoms with Crippen LogP contribution in [0.15, 0.2) is 17.0 Å². The van der Waals surface area contributed by atoms with Gasteiger partial charge in [0, 0.05) is 18.8 Å². The molecule has 0 saturated carbocycles. The standard InChI is InChI=1S/C15H24F2N2S/c1-11(2)9-18-10-12-7-13(16)15(14(17)8-12)20-6-5-19(3)4/h7-8,11,18H,5-6,9-10H2,1-4H3. The molecule has 0 bridgehead atoms. The summed E-state index contributed by atoms with van der Waals surface area (Å²) >= 11 is 1.23. The largest absolute Gasteiger partial charge is 0.312 e. The number of rotatable bonds is 8. The van der Waals surface area contributed by atoms with Gasteiger partial charge in [-0.25, -0.2) is 8.78 Å². The number of nitrogens with one attached hydrogen (secondary N) is 1. The predicted octanol–water partition coefficient (Wildman–Crippen LogP) is 3.36. The van der Waals surface area contributed by atoms with Crippen LogP contribution < -0.4 is 5.32 Å². The number of hydrogen-bond donors (Lipinski definition) is 1. The monoisotopic (exact) mass is 302 g/mol. The number of hydrogen-bond acceptors (Lipinski definition) is 3. The van der Waals surface area contributed by atoms with E-state index < -0.39 is 11.6 Å². The molecule has 0 spiro atoms. The first-order chi connectivity index (χ1) is 9.40. The molecule has 0 radical (unpaired) electrons. The van der Waals surface area contributed by atoms with Gasteiger partial charge in [-0.05, 0) is 44.3 Å². The summed E-state index contributed by atoms with van der Waals surface area (Å²) in [6.07, 6.45) is 0. The fourth-order valence-corrected chi connectivity index (χ4v) is 2.74. The molecule has 0 aliphatic rings. The Hall–Kier alpha value is -0.650. The van der Waals surface area contributed by atoms with Crippen LogP contribution in [-0.4, -0.2) is 37.8 Å². The lowest BCUT2D eigenvalue weighted by atomic mass is 10.2. The van der Waals surface area contributed by atoms with E-state index in [4.69, 9.17) is 0 Å². The van der Waals surface area contributed by atoms with Gasteiger partial charge in [0.1, 0.15) is 11.6 Å². The van der Waals surface area contributed by atoms with Crippen molar-refractivity contribution in [3.8, 4) is 0 Å². The lowest BCUT2D eigenvalue weighted by Crippen LogP contribution is -2.19. The second-order valence-corrected chi connectivity index (χ2v) is 6.67. The van der Waals surface area contributed by atoms with Crippen LogP contribution in [0.1, 0.15) is 19.4 Å². The second-order valence-electron chi connectivity index (χ2n) is 5.57. The maximum atomic E-state index is 13.9. The van der Waals surface area contributed by atoms with Crippen molar-refractivity contribution >= 4 is 11.8 Å². The number of nitrogens with zero attached hydrogens (tertiary/aromatic N) is 1. The van der Waals surface area contributed by atoms with Crippen molar-refractivity contribution in [2.45, 2.75) is 25.3 Å². The molecule has 2 nitrogen and oxygen atoms in total. The van der Waals surface area contributed by atoms with E-state index in [1.165, 1.54) is 23.9 Å². The molecule has 1 rings (SSSR count). The SMILES string of the molecule is CC(C)CNCc1cc(F)c(SCCN(C)C)c(F)c1. The Morgan fingerprint density at radius 3 is 2.30 bits per heavy atom. The highest BCUT2D eigenvalue weighted by molar-refractivity contribution is 7.99. The van der Waals surface area contributed by atoms with Crippen LogP contribution in [0.3, 0.4) is 0 Å². The molecule has 0 atom stereocenters. The first-order valence-electron chi connectivity index (χ1n) is 6.86. The zero-order valence-electron chi connectivity index (χ0n) is 12.7. The van der Waals surface area contributed by atoms with Crippen LogP contribution in [-0.2, 0) is 6.54 Å². The van der Waals surface area contributed by atoms with Crippen LogP contribution in [0, 0.1) is 17.6 Å². The first-order valence-corrected chi connectivity index (χ1v) is 7.85. The van der Waals surface area contributed by atoms with Gasteiger partial charge in [-0.2, -0.15) is 0 Å². The average Bonchev–Trinajstić information content (AvgIpc) is 2.32. The van der Waals surface area contributed by atoms with Crippen molar-refractivity contribution < 1.29 is 8.78 Å². The van der Waals surface area contributed by atoms with Crippen molar-refractivity contribution in [1.29, 1.82) is 0 Å². The highest BCUT2D eigenvalue weighted by atomic mass is 32.2. The summed E-state index contributed by atoms with van der Waals surface area (Å²) < 4.78 is 27.8. The second kappa shape index (κ2) is 8.60. The Morgan fingerprint density at radius 2 is 1.80 bits per heavy atom. The van der Waals surface area contributed by atoms with E-state index in [0.29, 0.717) is 23.8 Å². The Kier molecular flexibility index (Phi) is 7.48. The number of benzene rings is 1. The van der Waals surface area contributed by atoms with E-state index in [2.05, 4.69) is 19.2 Å². The number of halogens is 2. The summed E-state index contributed by atoms with van der Waals surface area (Å²) in [6.45, 7) is 6.32. The molecular formula is C15H24F2N2S. The minimum Gasteiger partial charge on any atom is -0.312 e. The van der Waals surface area contributed by atoms with E-state index in [1.54, 1.807) is 0 Å². The molecule has 5 heteroatoms. The molecular weight excluding hydrogens is 278 g/mol. The Balaban J connectivity index is 2.61. The quantitative estimate of drug-likeness (QED) is 0.741. The average molecular weight is 302 g/mol. The molecule has 20 heavy (non-hydrogen) atoms. The van der Waals surface area contributed by atoms with E-state index in [9.17, 15) is 8.78 Å². The van der Waals surface area contributed by atoms with Crippen molar-refractivity contribution in [1.82, 2.24) is 10.2 Å². The zero-order chi connectivity index (χ0) is 15.1. The molecule has 0 aliphatic carbocycles. The summed E-state index contributed by atoms with van der Waals surface area (Å²) in [5.74, 6) is 0.266. The molecule has 1 N–H and O–H groups in total. The minimum atomic E-state index is -0.463. The van der Waals surface area contributed by atoms with E-state index in [1.807, 2.05) is 19.0 Å². The van der Waals surface area contributed by atoms with Gasteiger partial charge in [0.15, 0.2) is 0 Å². The maximum absolute atomic E-state index is 13.9. The fraction of sp³-hybridized carbons (Fsp3) is 0.600. The summed E-state index contributed by atoms with van der Waals surface area (Å²) in [5, 5.41) is 3.19.